The number of nitrogens with one attached hydrogen (secondary N) is 1. The quantitative estimate of drug-likeness (QED) is 0.387. The van der Waals surface area contributed by atoms with Gasteiger partial charge in [-0.25, -0.2) is 13.4 Å². The van der Waals surface area contributed by atoms with Crippen LogP contribution < -0.4 is 11.1 Å². The molecule has 0 aromatic heterocycles. The molecule has 140 valence electrons. The summed E-state index contributed by atoms with van der Waals surface area (Å²) in [6.45, 7) is 1.60. The van der Waals surface area contributed by atoms with E-state index in [1.54, 1.807) is 28.6 Å². The predicted octanol–water partition coefficient (Wildman–Crippen LogP) is 3.02. The lowest BCUT2D eigenvalue weighted by Crippen LogP contribution is -2.27. The van der Waals surface area contributed by atoms with Gasteiger partial charge in [0.15, 0.2) is 5.96 Å². The zero-order valence-electron chi connectivity index (χ0n) is 14.3. The van der Waals surface area contributed by atoms with Crippen LogP contribution >= 0.6 is 24.0 Å². The van der Waals surface area contributed by atoms with Gasteiger partial charge >= 0.3 is 0 Å². The first-order chi connectivity index (χ1) is 12.1. The number of nitrogens with zero attached hydrogens (tertiary/aromatic N) is 2. The summed E-state index contributed by atoms with van der Waals surface area (Å²) in [6.07, 6.45) is 1.86. The fourth-order valence-electron chi connectivity index (χ4n) is 2.73. The second kappa shape index (κ2) is 9.33. The predicted molar refractivity (Wildman–Crippen MR) is 115 cm³/mol. The average molecular weight is 486 g/mol. The standard InChI is InChI=1S/C18H22N4O2S.HI/c19-18(21-16-6-2-1-3-7-16)20-14-15-8-10-17(11-9-15)25(23,24)22-12-4-5-13-22;/h1-3,6-11H,4-5,12-14H2,(H3,19,20,21);1H. The van der Waals surface area contributed by atoms with Crippen molar-refractivity contribution in [3.8, 4) is 0 Å². The van der Waals surface area contributed by atoms with E-state index in [1.165, 1.54) is 0 Å². The fraction of sp³-hybridized carbons (Fsp3) is 0.278. The van der Waals surface area contributed by atoms with E-state index < -0.39 is 10.0 Å². The zero-order valence-corrected chi connectivity index (χ0v) is 17.5. The number of halogens is 1. The fourth-order valence-corrected chi connectivity index (χ4v) is 4.25. The first-order valence-corrected chi connectivity index (χ1v) is 9.71. The van der Waals surface area contributed by atoms with Crippen LogP contribution in [-0.4, -0.2) is 31.8 Å². The summed E-state index contributed by atoms with van der Waals surface area (Å²) in [6, 6.07) is 16.4. The van der Waals surface area contributed by atoms with Crippen molar-refractivity contribution in [3.63, 3.8) is 0 Å². The molecule has 3 N–H and O–H groups in total. The van der Waals surface area contributed by atoms with Gasteiger partial charge in [-0.15, -0.1) is 24.0 Å². The van der Waals surface area contributed by atoms with Gasteiger partial charge in [0.05, 0.1) is 11.4 Å². The summed E-state index contributed by atoms with van der Waals surface area (Å²) < 4.78 is 26.5. The van der Waals surface area contributed by atoms with E-state index in [0.717, 1.165) is 24.1 Å². The third-order valence-corrected chi connectivity index (χ3v) is 6.02. The van der Waals surface area contributed by atoms with Crippen LogP contribution in [0.1, 0.15) is 18.4 Å². The molecule has 0 unspecified atom stereocenters. The molecule has 0 aliphatic carbocycles. The van der Waals surface area contributed by atoms with Crippen LogP contribution in [0.2, 0.25) is 0 Å². The minimum atomic E-state index is -3.37. The summed E-state index contributed by atoms with van der Waals surface area (Å²) in [7, 11) is -3.37. The van der Waals surface area contributed by atoms with Gasteiger partial charge < -0.3 is 11.1 Å². The molecule has 1 heterocycles. The van der Waals surface area contributed by atoms with Crippen LogP contribution in [0.5, 0.6) is 0 Å². The van der Waals surface area contributed by atoms with Crippen molar-refractivity contribution in [2.45, 2.75) is 24.3 Å². The highest BCUT2D eigenvalue weighted by Gasteiger charge is 2.26. The molecule has 0 bridgehead atoms. The average Bonchev–Trinajstić information content (AvgIpc) is 3.17. The number of rotatable bonds is 5. The molecular formula is C18H23IN4O2S. The smallest absolute Gasteiger partial charge is 0.243 e. The monoisotopic (exact) mass is 486 g/mol. The van der Waals surface area contributed by atoms with Crippen LogP contribution in [-0.2, 0) is 16.6 Å². The SMILES string of the molecule is I.NC(=NCc1ccc(S(=O)(=O)N2CCCC2)cc1)Nc1ccccc1. The minimum absolute atomic E-state index is 0. The van der Waals surface area contributed by atoms with Crippen molar-refractivity contribution in [3.05, 3.63) is 60.2 Å². The summed E-state index contributed by atoms with van der Waals surface area (Å²) in [4.78, 5) is 4.61. The molecule has 1 fully saturated rings. The maximum absolute atomic E-state index is 12.5. The van der Waals surface area contributed by atoms with Gasteiger partial charge in [-0.3, -0.25) is 0 Å². The largest absolute Gasteiger partial charge is 0.370 e. The van der Waals surface area contributed by atoms with E-state index >= 15 is 0 Å². The summed E-state index contributed by atoms with van der Waals surface area (Å²) in [5.41, 5.74) is 7.64. The molecule has 0 saturated carbocycles. The lowest BCUT2D eigenvalue weighted by atomic mass is 10.2. The Morgan fingerprint density at radius 1 is 1.04 bits per heavy atom. The van der Waals surface area contributed by atoms with Crippen LogP contribution in [0, 0.1) is 0 Å². The number of nitrogens with two attached hydrogens (primary N) is 1. The lowest BCUT2D eigenvalue weighted by Gasteiger charge is -2.15. The van der Waals surface area contributed by atoms with Crippen molar-refractivity contribution in [2.75, 3.05) is 18.4 Å². The Balaban J connectivity index is 0.00000243. The molecule has 1 aliphatic rings. The number of sulfonamides is 1. The van der Waals surface area contributed by atoms with Crippen LogP contribution in [0.4, 0.5) is 5.69 Å². The minimum Gasteiger partial charge on any atom is -0.370 e. The second-order valence-electron chi connectivity index (χ2n) is 5.95. The molecule has 0 spiro atoms. The maximum Gasteiger partial charge on any atom is 0.243 e. The highest BCUT2D eigenvalue weighted by molar-refractivity contribution is 14.0. The molecule has 1 saturated heterocycles. The number of guanidine groups is 1. The Labute approximate surface area is 171 Å². The Bertz CT molecular complexity index is 833. The molecule has 2 aromatic rings. The van der Waals surface area contributed by atoms with Crippen molar-refractivity contribution < 1.29 is 8.42 Å². The summed E-state index contributed by atoms with van der Waals surface area (Å²) in [5.74, 6) is 0.319. The van der Waals surface area contributed by atoms with Crippen LogP contribution in [0.15, 0.2) is 64.5 Å². The van der Waals surface area contributed by atoms with E-state index in [4.69, 9.17) is 5.73 Å². The Morgan fingerprint density at radius 3 is 2.27 bits per heavy atom. The van der Waals surface area contributed by atoms with Gasteiger partial charge in [0.2, 0.25) is 10.0 Å². The van der Waals surface area contributed by atoms with Crippen molar-refractivity contribution in [1.29, 1.82) is 0 Å². The number of hydrogen-bond donors (Lipinski definition) is 2. The highest BCUT2D eigenvalue weighted by atomic mass is 127. The first kappa shape index (κ1) is 20.7. The molecule has 1 aliphatic heterocycles. The number of benzene rings is 2. The van der Waals surface area contributed by atoms with Crippen molar-refractivity contribution >= 4 is 45.6 Å². The molecule has 0 amide bonds. The van der Waals surface area contributed by atoms with Gasteiger partial charge in [-0.1, -0.05) is 30.3 Å². The van der Waals surface area contributed by atoms with E-state index in [1.807, 2.05) is 30.3 Å². The molecule has 3 rings (SSSR count). The Hall–Kier alpha value is -1.65. The first-order valence-electron chi connectivity index (χ1n) is 8.27. The van der Waals surface area contributed by atoms with Crippen molar-refractivity contribution in [2.24, 2.45) is 10.7 Å². The van der Waals surface area contributed by atoms with E-state index in [-0.39, 0.29) is 24.0 Å². The van der Waals surface area contributed by atoms with Gasteiger partial charge in [-0.2, -0.15) is 4.31 Å². The van der Waals surface area contributed by atoms with Crippen LogP contribution in [0.3, 0.4) is 0 Å². The van der Waals surface area contributed by atoms with Gasteiger partial charge in [0, 0.05) is 18.8 Å². The van der Waals surface area contributed by atoms with E-state index in [0.29, 0.717) is 30.5 Å². The van der Waals surface area contributed by atoms with E-state index in [9.17, 15) is 8.42 Å². The number of aliphatic imine (C=N–C) groups is 1. The normalized spacial score (nSPS) is 15.5. The maximum atomic E-state index is 12.5. The Kier molecular flexibility index (Phi) is 7.42. The van der Waals surface area contributed by atoms with Gasteiger partial charge in [0.25, 0.3) is 0 Å². The van der Waals surface area contributed by atoms with E-state index in [2.05, 4.69) is 10.3 Å². The van der Waals surface area contributed by atoms with Gasteiger partial charge in [-0.05, 0) is 42.7 Å². The highest BCUT2D eigenvalue weighted by Crippen LogP contribution is 2.21. The molecule has 26 heavy (non-hydrogen) atoms. The number of para-hydroxylation sites is 1. The topological polar surface area (TPSA) is 87.8 Å². The zero-order chi connectivity index (χ0) is 17.7. The molecule has 2 aromatic carbocycles. The summed E-state index contributed by atoms with van der Waals surface area (Å²) in [5, 5.41) is 3.01. The second-order valence-corrected chi connectivity index (χ2v) is 7.89. The summed E-state index contributed by atoms with van der Waals surface area (Å²) >= 11 is 0. The van der Waals surface area contributed by atoms with Crippen LogP contribution in [0.25, 0.3) is 0 Å². The number of hydrogen-bond acceptors (Lipinski definition) is 3. The number of anilines is 1. The molecule has 6 nitrogen and oxygen atoms in total. The van der Waals surface area contributed by atoms with Crippen molar-refractivity contribution in [1.82, 2.24) is 4.31 Å². The third-order valence-electron chi connectivity index (χ3n) is 4.10. The molecule has 0 atom stereocenters. The lowest BCUT2D eigenvalue weighted by molar-refractivity contribution is 0.477. The third kappa shape index (κ3) is 5.18. The molecule has 8 heteroatoms. The Morgan fingerprint density at radius 2 is 1.65 bits per heavy atom. The van der Waals surface area contributed by atoms with Gasteiger partial charge in [0.1, 0.15) is 0 Å². The molecule has 0 radical (unpaired) electrons. The molecular weight excluding hydrogens is 463 g/mol.